The minimum Gasteiger partial charge on any atom is -0.340 e. The molecule has 4 N–H and O–H groups in total. The lowest BCUT2D eigenvalue weighted by atomic mass is 10.2. The zero-order valence-electron chi connectivity index (χ0n) is 14.9. The summed E-state index contributed by atoms with van der Waals surface area (Å²) < 4.78 is 25.2. The van der Waals surface area contributed by atoms with Crippen molar-refractivity contribution in [2.75, 3.05) is 27.1 Å². The molecule has 140 valence electrons. The Kier molecular flexibility index (Phi) is 5.41. The fraction of sp³-hybridized carbons (Fsp3) is 0.111. The average Bonchev–Trinajstić information content (AvgIpc) is 2.59. The standard InChI is InChI=1S/C18H20N6O2S/c1-13-5-3-7-15(9-13)22-23-18-11-17(19-12-20-18)21-14-6-4-8-16(10-14)24-27(2,25)26/h3-12,22,24H,1-2H3,(H2,19,20,21,23). The highest BCUT2D eigenvalue weighted by Gasteiger charge is 2.04. The largest absolute Gasteiger partial charge is 0.340 e. The SMILES string of the molecule is Cc1cccc(NNc2cc(Nc3cccc(NS(C)(=O)=O)c3)ncn2)c1. The molecule has 0 aliphatic heterocycles. The van der Waals surface area contributed by atoms with E-state index in [1.807, 2.05) is 37.3 Å². The summed E-state index contributed by atoms with van der Waals surface area (Å²) in [5.74, 6) is 1.15. The van der Waals surface area contributed by atoms with Crippen LogP contribution in [0, 0.1) is 6.92 Å². The van der Waals surface area contributed by atoms with Gasteiger partial charge in [0.1, 0.15) is 18.0 Å². The fourth-order valence-corrected chi connectivity index (χ4v) is 2.93. The number of nitrogens with one attached hydrogen (secondary N) is 4. The van der Waals surface area contributed by atoms with Crippen LogP contribution in [0.2, 0.25) is 0 Å². The van der Waals surface area contributed by atoms with E-state index in [0.29, 0.717) is 23.0 Å². The first-order chi connectivity index (χ1) is 12.9. The number of nitrogens with zero attached hydrogens (tertiary/aromatic N) is 2. The normalized spacial score (nSPS) is 10.9. The second-order valence-corrected chi connectivity index (χ2v) is 7.74. The van der Waals surface area contributed by atoms with Gasteiger partial charge in [0.2, 0.25) is 10.0 Å². The monoisotopic (exact) mass is 384 g/mol. The lowest BCUT2D eigenvalue weighted by Gasteiger charge is -2.11. The predicted octanol–water partition coefficient (Wildman–Crippen LogP) is 3.34. The number of benzene rings is 2. The van der Waals surface area contributed by atoms with Gasteiger partial charge in [-0.2, -0.15) is 0 Å². The maximum atomic E-state index is 11.4. The first-order valence-electron chi connectivity index (χ1n) is 8.13. The highest BCUT2D eigenvalue weighted by molar-refractivity contribution is 7.92. The van der Waals surface area contributed by atoms with Crippen LogP contribution in [0.1, 0.15) is 5.56 Å². The summed E-state index contributed by atoms with van der Waals surface area (Å²) >= 11 is 0. The van der Waals surface area contributed by atoms with Gasteiger partial charge in [-0.3, -0.25) is 15.6 Å². The molecule has 0 fully saturated rings. The number of hydrazine groups is 1. The first kappa shape index (κ1) is 18.5. The van der Waals surface area contributed by atoms with E-state index in [0.717, 1.165) is 17.5 Å². The molecule has 0 saturated carbocycles. The van der Waals surface area contributed by atoms with E-state index in [4.69, 9.17) is 0 Å². The number of aromatic nitrogens is 2. The molecule has 3 aromatic rings. The van der Waals surface area contributed by atoms with Gasteiger partial charge in [-0.05, 0) is 42.8 Å². The minimum absolute atomic E-state index is 0.469. The average molecular weight is 384 g/mol. The molecule has 0 aliphatic carbocycles. The van der Waals surface area contributed by atoms with Gasteiger partial charge in [-0.15, -0.1) is 0 Å². The van der Waals surface area contributed by atoms with E-state index in [9.17, 15) is 8.42 Å². The molecule has 8 nitrogen and oxygen atoms in total. The quantitative estimate of drug-likeness (QED) is 0.463. The van der Waals surface area contributed by atoms with Crippen molar-refractivity contribution in [3.63, 3.8) is 0 Å². The van der Waals surface area contributed by atoms with Crippen LogP contribution in [0.5, 0.6) is 0 Å². The van der Waals surface area contributed by atoms with Gasteiger partial charge >= 0.3 is 0 Å². The fourth-order valence-electron chi connectivity index (χ4n) is 2.38. The highest BCUT2D eigenvalue weighted by Crippen LogP contribution is 2.20. The maximum Gasteiger partial charge on any atom is 0.229 e. The zero-order chi connectivity index (χ0) is 19.3. The van der Waals surface area contributed by atoms with Gasteiger partial charge in [0.25, 0.3) is 0 Å². The third kappa shape index (κ3) is 5.86. The van der Waals surface area contributed by atoms with Crippen LogP contribution in [-0.4, -0.2) is 24.6 Å². The molecule has 0 saturated heterocycles. The number of rotatable bonds is 7. The Morgan fingerprint density at radius 1 is 0.815 bits per heavy atom. The Morgan fingerprint density at radius 2 is 1.52 bits per heavy atom. The Labute approximate surface area is 158 Å². The maximum absolute atomic E-state index is 11.4. The van der Waals surface area contributed by atoms with Crippen molar-refractivity contribution < 1.29 is 8.42 Å². The van der Waals surface area contributed by atoms with Crippen LogP contribution in [-0.2, 0) is 10.0 Å². The number of hydrogen-bond acceptors (Lipinski definition) is 7. The van der Waals surface area contributed by atoms with Crippen molar-refractivity contribution in [2.24, 2.45) is 0 Å². The van der Waals surface area contributed by atoms with Gasteiger partial charge in [-0.25, -0.2) is 18.4 Å². The van der Waals surface area contributed by atoms with Crippen molar-refractivity contribution in [3.05, 3.63) is 66.5 Å². The van der Waals surface area contributed by atoms with E-state index in [-0.39, 0.29) is 0 Å². The van der Waals surface area contributed by atoms with E-state index in [2.05, 4.69) is 30.9 Å². The van der Waals surface area contributed by atoms with Crippen molar-refractivity contribution in [3.8, 4) is 0 Å². The summed E-state index contributed by atoms with van der Waals surface area (Å²) in [5, 5.41) is 3.12. The van der Waals surface area contributed by atoms with E-state index in [1.165, 1.54) is 6.33 Å². The van der Waals surface area contributed by atoms with Crippen LogP contribution < -0.4 is 20.9 Å². The molecule has 0 spiro atoms. The molecule has 1 heterocycles. The summed E-state index contributed by atoms with van der Waals surface area (Å²) in [6.45, 7) is 2.02. The number of aryl methyl sites for hydroxylation is 1. The molecular weight excluding hydrogens is 364 g/mol. The molecule has 0 atom stereocenters. The van der Waals surface area contributed by atoms with Crippen molar-refractivity contribution in [2.45, 2.75) is 6.92 Å². The summed E-state index contributed by atoms with van der Waals surface area (Å²) in [4.78, 5) is 8.35. The van der Waals surface area contributed by atoms with Gasteiger partial charge in [0.15, 0.2) is 0 Å². The molecule has 1 aromatic heterocycles. The Morgan fingerprint density at radius 3 is 2.30 bits per heavy atom. The topological polar surface area (TPSA) is 108 Å². The molecule has 2 aromatic carbocycles. The second kappa shape index (κ2) is 7.92. The lowest BCUT2D eigenvalue weighted by Crippen LogP contribution is -2.11. The van der Waals surface area contributed by atoms with Crippen LogP contribution in [0.4, 0.5) is 28.7 Å². The molecule has 0 unspecified atom stereocenters. The van der Waals surface area contributed by atoms with Gasteiger partial charge in [0, 0.05) is 11.8 Å². The second-order valence-electron chi connectivity index (χ2n) is 5.99. The number of hydrogen-bond donors (Lipinski definition) is 4. The first-order valence-corrected chi connectivity index (χ1v) is 10.0. The Balaban J connectivity index is 1.68. The predicted molar refractivity (Wildman–Crippen MR) is 109 cm³/mol. The van der Waals surface area contributed by atoms with E-state index < -0.39 is 10.0 Å². The minimum atomic E-state index is -3.33. The van der Waals surface area contributed by atoms with Gasteiger partial charge in [0.05, 0.1) is 17.6 Å². The summed E-state index contributed by atoms with van der Waals surface area (Å²) in [5.41, 5.74) is 9.34. The molecule has 0 amide bonds. The Hall–Kier alpha value is -3.33. The third-order valence-electron chi connectivity index (χ3n) is 3.46. The molecule has 0 aliphatic rings. The smallest absolute Gasteiger partial charge is 0.229 e. The number of anilines is 5. The molecular formula is C18H20N6O2S. The molecule has 3 rings (SSSR count). The molecule has 9 heteroatoms. The van der Waals surface area contributed by atoms with Crippen LogP contribution in [0.15, 0.2) is 60.9 Å². The van der Waals surface area contributed by atoms with Crippen molar-refractivity contribution in [1.82, 2.24) is 9.97 Å². The van der Waals surface area contributed by atoms with Crippen LogP contribution in [0.3, 0.4) is 0 Å². The van der Waals surface area contributed by atoms with E-state index >= 15 is 0 Å². The Bertz CT molecular complexity index is 1040. The molecule has 27 heavy (non-hydrogen) atoms. The molecule has 0 bridgehead atoms. The zero-order valence-corrected chi connectivity index (χ0v) is 15.7. The van der Waals surface area contributed by atoms with Gasteiger partial charge < -0.3 is 5.32 Å². The van der Waals surface area contributed by atoms with E-state index in [1.54, 1.807) is 24.3 Å². The third-order valence-corrected chi connectivity index (χ3v) is 4.06. The summed E-state index contributed by atoms with van der Waals surface area (Å²) in [6, 6.07) is 16.6. The lowest BCUT2D eigenvalue weighted by molar-refractivity contribution is 0.607. The van der Waals surface area contributed by atoms with Crippen LogP contribution in [0.25, 0.3) is 0 Å². The van der Waals surface area contributed by atoms with Gasteiger partial charge in [-0.1, -0.05) is 18.2 Å². The molecule has 0 radical (unpaired) electrons. The van der Waals surface area contributed by atoms with Crippen LogP contribution >= 0.6 is 0 Å². The number of sulfonamides is 1. The summed E-state index contributed by atoms with van der Waals surface area (Å²) in [6.07, 6.45) is 2.54. The van der Waals surface area contributed by atoms with Crippen molar-refractivity contribution in [1.29, 1.82) is 0 Å². The van der Waals surface area contributed by atoms with Crippen molar-refractivity contribution >= 4 is 38.7 Å². The summed E-state index contributed by atoms with van der Waals surface area (Å²) in [7, 11) is -3.33. The highest BCUT2D eigenvalue weighted by atomic mass is 32.2.